The van der Waals surface area contributed by atoms with Crippen molar-refractivity contribution in [1.82, 2.24) is 19.7 Å². The number of aromatic nitrogens is 3. The second-order valence-corrected chi connectivity index (χ2v) is 7.11. The maximum atomic E-state index is 13.5. The van der Waals surface area contributed by atoms with Crippen molar-refractivity contribution in [2.45, 2.75) is 25.8 Å². The Morgan fingerprint density at radius 3 is 2.78 bits per heavy atom. The van der Waals surface area contributed by atoms with Crippen LogP contribution in [0.3, 0.4) is 0 Å². The molecule has 1 aromatic carbocycles. The predicted molar refractivity (Wildman–Crippen MR) is 102 cm³/mol. The smallest absolute Gasteiger partial charge is 0.258 e. The number of anilines is 1. The Labute approximate surface area is 157 Å². The minimum Gasteiger partial charge on any atom is -0.307 e. The van der Waals surface area contributed by atoms with Crippen molar-refractivity contribution < 1.29 is 9.18 Å². The van der Waals surface area contributed by atoms with Crippen LogP contribution >= 0.6 is 0 Å². The van der Waals surface area contributed by atoms with Gasteiger partial charge in [0.15, 0.2) is 0 Å². The molecule has 0 radical (unpaired) electrons. The number of halogens is 1. The highest BCUT2D eigenvalue weighted by Gasteiger charge is 2.22. The molecule has 27 heavy (non-hydrogen) atoms. The van der Waals surface area contributed by atoms with Gasteiger partial charge in [-0.2, -0.15) is 5.10 Å². The molecule has 4 rings (SSSR count). The molecule has 0 aliphatic carbocycles. The summed E-state index contributed by atoms with van der Waals surface area (Å²) >= 11 is 0. The highest BCUT2D eigenvalue weighted by molar-refractivity contribution is 6.06. The predicted octanol–water partition coefficient (Wildman–Crippen LogP) is 3.40. The molecule has 6 nitrogen and oxygen atoms in total. The first-order valence-corrected chi connectivity index (χ1v) is 9.11. The number of fused-ring (bicyclic) bond motifs is 1. The summed E-state index contributed by atoms with van der Waals surface area (Å²) in [6, 6.07) is 8.15. The Morgan fingerprint density at radius 2 is 2.00 bits per heavy atom. The molecule has 0 spiro atoms. The molecule has 1 amide bonds. The van der Waals surface area contributed by atoms with Crippen LogP contribution < -0.4 is 5.32 Å². The first kappa shape index (κ1) is 17.6. The zero-order valence-corrected chi connectivity index (χ0v) is 15.4. The lowest BCUT2D eigenvalue weighted by Gasteiger charge is -2.30. The van der Waals surface area contributed by atoms with E-state index in [-0.39, 0.29) is 17.8 Å². The van der Waals surface area contributed by atoms with Gasteiger partial charge in [0.1, 0.15) is 11.6 Å². The van der Waals surface area contributed by atoms with Gasteiger partial charge in [-0.3, -0.25) is 9.78 Å². The molecule has 7 heteroatoms. The Bertz CT molecular complexity index is 991. The minimum absolute atomic E-state index is 0.263. The molecule has 0 saturated carbocycles. The lowest BCUT2D eigenvalue weighted by atomic mass is 10.1. The molecule has 3 aromatic rings. The fraction of sp³-hybridized carbons (Fsp3) is 0.350. The number of piperidine rings is 1. The number of hydrogen-bond donors (Lipinski definition) is 1. The Balaban J connectivity index is 1.59. The zero-order valence-electron chi connectivity index (χ0n) is 15.4. The summed E-state index contributed by atoms with van der Waals surface area (Å²) in [5, 5.41) is 7.97. The topological polar surface area (TPSA) is 63.1 Å². The lowest BCUT2D eigenvalue weighted by Crippen LogP contribution is -2.32. The Morgan fingerprint density at radius 1 is 1.22 bits per heavy atom. The number of carbonyl (C=O) groups excluding carboxylic acids is 1. The van der Waals surface area contributed by atoms with Gasteiger partial charge < -0.3 is 10.2 Å². The van der Waals surface area contributed by atoms with Crippen molar-refractivity contribution in [2.75, 3.05) is 25.5 Å². The van der Waals surface area contributed by atoms with Gasteiger partial charge >= 0.3 is 0 Å². The van der Waals surface area contributed by atoms with E-state index >= 15 is 0 Å². The van der Waals surface area contributed by atoms with E-state index in [0.717, 1.165) is 25.9 Å². The van der Waals surface area contributed by atoms with E-state index in [1.54, 1.807) is 31.3 Å². The third-order valence-corrected chi connectivity index (χ3v) is 5.16. The molecular formula is C20H22FN5O. The van der Waals surface area contributed by atoms with Crippen LogP contribution in [-0.2, 0) is 0 Å². The van der Waals surface area contributed by atoms with Crippen LogP contribution in [-0.4, -0.2) is 45.7 Å². The van der Waals surface area contributed by atoms with Crippen LogP contribution in [0.5, 0.6) is 0 Å². The van der Waals surface area contributed by atoms with Crippen molar-refractivity contribution >= 4 is 22.6 Å². The van der Waals surface area contributed by atoms with Crippen LogP contribution in [0.1, 0.15) is 34.9 Å². The standard InChI is InChI=1S/C20H22FN5O/c1-13-17(12-14-11-15(21)3-4-18(14)23-13)20(27)24-19-5-8-22-26(19)16-6-9-25(2)10-7-16/h3-5,8,11-12,16H,6-7,9-10H2,1-2H3,(H,24,27). The average molecular weight is 367 g/mol. The van der Waals surface area contributed by atoms with Gasteiger partial charge in [0.05, 0.1) is 29.0 Å². The van der Waals surface area contributed by atoms with Crippen LogP contribution in [0.15, 0.2) is 36.5 Å². The van der Waals surface area contributed by atoms with Crippen LogP contribution in [0.25, 0.3) is 10.9 Å². The van der Waals surface area contributed by atoms with Gasteiger partial charge in [-0.05, 0) is 64.2 Å². The molecular weight excluding hydrogens is 345 g/mol. The second-order valence-electron chi connectivity index (χ2n) is 7.11. The molecule has 0 atom stereocenters. The number of benzene rings is 1. The first-order chi connectivity index (χ1) is 13.0. The highest BCUT2D eigenvalue weighted by atomic mass is 19.1. The molecule has 0 bridgehead atoms. The summed E-state index contributed by atoms with van der Waals surface area (Å²) in [4.78, 5) is 19.6. The SMILES string of the molecule is Cc1nc2ccc(F)cc2cc1C(=O)Nc1ccnn1C1CCN(C)CC1. The van der Waals surface area contributed by atoms with Crippen molar-refractivity contribution in [3.8, 4) is 0 Å². The van der Waals surface area contributed by atoms with Gasteiger partial charge in [0.25, 0.3) is 5.91 Å². The quantitative estimate of drug-likeness (QED) is 0.771. The summed E-state index contributed by atoms with van der Waals surface area (Å²) < 4.78 is 15.4. The number of rotatable bonds is 3. The third kappa shape index (κ3) is 3.55. The lowest BCUT2D eigenvalue weighted by molar-refractivity contribution is 0.102. The van der Waals surface area contributed by atoms with Gasteiger partial charge in [0.2, 0.25) is 0 Å². The van der Waals surface area contributed by atoms with E-state index in [1.165, 1.54) is 12.1 Å². The molecule has 1 aliphatic heterocycles. The fourth-order valence-corrected chi connectivity index (χ4v) is 3.60. The molecule has 1 aliphatic rings. The maximum absolute atomic E-state index is 13.5. The number of amides is 1. The molecule has 1 N–H and O–H groups in total. The zero-order chi connectivity index (χ0) is 19.0. The third-order valence-electron chi connectivity index (χ3n) is 5.16. The summed E-state index contributed by atoms with van der Waals surface area (Å²) in [5.74, 6) is 0.0639. The second kappa shape index (κ2) is 7.08. The Hall–Kier alpha value is -2.80. The number of pyridine rings is 1. The fourth-order valence-electron chi connectivity index (χ4n) is 3.60. The van der Waals surface area contributed by atoms with E-state index in [9.17, 15) is 9.18 Å². The van der Waals surface area contributed by atoms with E-state index in [0.29, 0.717) is 28.0 Å². The van der Waals surface area contributed by atoms with Gasteiger partial charge in [-0.1, -0.05) is 0 Å². The maximum Gasteiger partial charge on any atom is 0.258 e. The summed E-state index contributed by atoms with van der Waals surface area (Å²) in [6.45, 7) is 3.81. The van der Waals surface area contributed by atoms with Crippen LogP contribution in [0.4, 0.5) is 10.2 Å². The molecule has 1 fully saturated rings. The molecule has 1 saturated heterocycles. The van der Waals surface area contributed by atoms with Crippen molar-refractivity contribution in [3.05, 3.63) is 53.6 Å². The molecule has 2 aromatic heterocycles. The average Bonchev–Trinajstić information content (AvgIpc) is 3.10. The molecule has 140 valence electrons. The van der Waals surface area contributed by atoms with E-state index in [4.69, 9.17) is 0 Å². The van der Waals surface area contributed by atoms with Crippen LogP contribution in [0.2, 0.25) is 0 Å². The highest BCUT2D eigenvalue weighted by Crippen LogP contribution is 2.25. The van der Waals surface area contributed by atoms with E-state index < -0.39 is 0 Å². The molecule has 3 heterocycles. The van der Waals surface area contributed by atoms with Crippen molar-refractivity contribution in [1.29, 1.82) is 0 Å². The number of carbonyl (C=O) groups is 1. The van der Waals surface area contributed by atoms with Gasteiger partial charge in [-0.25, -0.2) is 9.07 Å². The summed E-state index contributed by atoms with van der Waals surface area (Å²) in [7, 11) is 2.11. The monoisotopic (exact) mass is 367 g/mol. The number of nitrogens with zero attached hydrogens (tertiary/aromatic N) is 4. The van der Waals surface area contributed by atoms with Gasteiger partial charge in [-0.15, -0.1) is 0 Å². The Kier molecular flexibility index (Phi) is 4.61. The largest absolute Gasteiger partial charge is 0.307 e. The first-order valence-electron chi connectivity index (χ1n) is 9.11. The minimum atomic E-state index is -0.347. The summed E-state index contributed by atoms with van der Waals surface area (Å²) in [5.41, 5.74) is 1.71. The molecule has 0 unspecified atom stereocenters. The van der Waals surface area contributed by atoms with Crippen molar-refractivity contribution in [2.24, 2.45) is 0 Å². The number of likely N-dealkylation sites (tertiary alicyclic amines) is 1. The number of nitrogens with one attached hydrogen (secondary N) is 1. The van der Waals surface area contributed by atoms with Gasteiger partial charge in [0, 0.05) is 11.5 Å². The van der Waals surface area contributed by atoms with Crippen LogP contribution in [0, 0.1) is 12.7 Å². The number of hydrogen-bond acceptors (Lipinski definition) is 4. The van der Waals surface area contributed by atoms with E-state index in [1.807, 2.05) is 4.68 Å². The van der Waals surface area contributed by atoms with Crippen molar-refractivity contribution in [3.63, 3.8) is 0 Å². The normalized spacial score (nSPS) is 16.0. The number of aryl methyl sites for hydroxylation is 1. The summed E-state index contributed by atoms with van der Waals surface area (Å²) in [6.07, 6.45) is 3.70. The van der Waals surface area contributed by atoms with E-state index in [2.05, 4.69) is 27.3 Å².